The van der Waals surface area contributed by atoms with E-state index < -0.39 is 0 Å². The minimum atomic E-state index is 0.395. The molecule has 0 aliphatic carbocycles. The fourth-order valence-corrected chi connectivity index (χ4v) is 3.67. The van der Waals surface area contributed by atoms with Gasteiger partial charge in [0.05, 0.1) is 11.6 Å². The van der Waals surface area contributed by atoms with Crippen LogP contribution < -0.4 is 5.32 Å². The lowest BCUT2D eigenvalue weighted by atomic mass is 10.0. The van der Waals surface area contributed by atoms with Crippen LogP contribution in [0.4, 0.5) is 0 Å². The quantitative estimate of drug-likeness (QED) is 0.801. The second-order valence-electron chi connectivity index (χ2n) is 3.35. The van der Waals surface area contributed by atoms with E-state index in [1.807, 2.05) is 23.0 Å². The van der Waals surface area contributed by atoms with Crippen LogP contribution in [0.15, 0.2) is 23.2 Å². The van der Waals surface area contributed by atoms with E-state index in [1.54, 1.807) is 11.3 Å². The van der Waals surface area contributed by atoms with Crippen molar-refractivity contribution in [2.24, 2.45) is 0 Å². The van der Waals surface area contributed by atoms with Gasteiger partial charge in [0.2, 0.25) is 0 Å². The molecule has 72 valence electrons. The summed E-state index contributed by atoms with van der Waals surface area (Å²) in [5, 5.41) is 5.73. The first-order chi connectivity index (χ1) is 6.95. The highest BCUT2D eigenvalue weighted by molar-refractivity contribution is 7.11. The summed E-state index contributed by atoms with van der Waals surface area (Å²) in [6.45, 7) is 1.08. The molecule has 0 saturated heterocycles. The Labute approximate surface area is 90.6 Å². The maximum Gasteiger partial charge on any atom is 0.0795 e. The van der Waals surface area contributed by atoms with Crippen molar-refractivity contribution < 1.29 is 0 Å². The zero-order valence-electron chi connectivity index (χ0n) is 7.56. The fraction of sp³-hybridized carbons (Fsp3) is 0.300. The van der Waals surface area contributed by atoms with Gasteiger partial charge in [-0.25, -0.2) is 0 Å². The lowest BCUT2D eigenvalue weighted by molar-refractivity contribution is 0.585. The predicted molar refractivity (Wildman–Crippen MR) is 60.0 cm³/mol. The van der Waals surface area contributed by atoms with Crippen LogP contribution >= 0.6 is 22.7 Å². The minimum absolute atomic E-state index is 0.395. The van der Waals surface area contributed by atoms with Gasteiger partial charge in [0, 0.05) is 22.5 Å². The Balaban J connectivity index is 2.04. The maximum absolute atomic E-state index is 4.14. The Morgan fingerprint density at radius 2 is 2.43 bits per heavy atom. The summed E-state index contributed by atoms with van der Waals surface area (Å²) in [4.78, 5) is 6.94. The third-order valence-electron chi connectivity index (χ3n) is 2.52. The molecule has 14 heavy (non-hydrogen) atoms. The van der Waals surface area contributed by atoms with E-state index in [2.05, 4.69) is 21.7 Å². The number of thiophene rings is 1. The fourth-order valence-electron chi connectivity index (χ4n) is 1.85. The number of rotatable bonds is 1. The Morgan fingerprint density at radius 1 is 1.43 bits per heavy atom. The molecule has 1 atom stereocenters. The standard InChI is InChI=1S/C10H10N2S2/c1-3-12-9(8-5-11-6-14-8)10-7(1)2-4-13-10/h2,4-6,9,12H,1,3H2. The zero-order valence-corrected chi connectivity index (χ0v) is 9.20. The van der Waals surface area contributed by atoms with E-state index in [0.29, 0.717) is 6.04 Å². The lowest BCUT2D eigenvalue weighted by Crippen LogP contribution is -2.28. The van der Waals surface area contributed by atoms with Crippen LogP contribution in [-0.4, -0.2) is 11.5 Å². The van der Waals surface area contributed by atoms with Gasteiger partial charge in [0.25, 0.3) is 0 Å². The van der Waals surface area contributed by atoms with Crippen LogP contribution in [-0.2, 0) is 6.42 Å². The Hall–Kier alpha value is -0.710. The molecular formula is C10H10N2S2. The molecule has 0 fully saturated rings. The Kier molecular flexibility index (Phi) is 2.12. The number of fused-ring (bicyclic) bond motifs is 1. The van der Waals surface area contributed by atoms with Crippen molar-refractivity contribution in [1.29, 1.82) is 0 Å². The molecule has 0 saturated carbocycles. The minimum Gasteiger partial charge on any atom is -0.305 e. The first-order valence-electron chi connectivity index (χ1n) is 4.63. The van der Waals surface area contributed by atoms with E-state index >= 15 is 0 Å². The third kappa shape index (κ3) is 1.30. The molecule has 1 aliphatic heterocycles. The second-order valence-corrected chi connectivity index (χ2v) is 5.22. The third-order valence-corrected chi connectivity index (χ3v) is 4.39. The molecule has 0 amide bonds. The smallest absolute Gasteiger partial charge is 0.0795 e. The van der Waals surface area contributed by atoms with Gasteiger partial charge < -0.3 is 5.32 Å². The summed E-state index contributed by atoms with van der Waals surface area (Å²) in [6, 6.07) is 2.64. The molecule has 1 unspecified atom stereocenters. The number of nitrogens with one attached hydrogen (secondary N) is 1. The summed E-state index contributed by atoms with van der Waals surface area (Å²) < 4.78 is 0. The average molecular weight is 222 g/mol. The van der Waals surface area contributed by atoms with E-state index in [4.69, 9.17) is 0 Å². The van der Waals surface area contributed by atoms with Gasteiger partial charge in [-0.1, -0.05) is 0 Å². The van der Waals surface area contributed by atoms with Gasteiger partial charge in [-0.3, -0.25) is 4.98 Å². The highest BCUT2D eigenvalue weighted by Crippen LogP contribution is 2.33. The second kappa shape index (κ2) is 3.46. The van der Waals surface area contributed by atoms with Gasteiger partial charge in [-0.2, -0.15) is 0 Å². The number of thiazole rings is 1. The molecule has 2 nitrogen and oxygen atoms in total. The topological polar surface area (TPSA) is 24.9 Å². The SMILES string of the molecule is c1ncc(C2NCCc3ccsc32)s1. The number of aromatic nitrogens is 1. The van der Waals surface area contributed by atoms with Crippen molar-refractivity contribution in [3.05, 3.63) is 38.5 Å². The highest BCUT2D eigenvalue weighted by Gasteiger charge is 2.23. The summed E-state index contributed by atoms with van der Waals surface area (Å²) in [6.07, 6.45) is 3.13. The van der Waals surface area contributed by atoms with Crippen LogP contribution in [0.5, 0.6) is 0 Å². The first kappa shape index (κ1) is 8.59. The highest BCUT2D eigenvalue weighted by atomic mass is 32.1. The van der Waals surface area contributed by atoms with Crippen LogP contribution in [0, 0.1) is 0 Å². The van der Waals surface area contributed by atoms with Crippen LogP contribution in [0.3, 0.4) is 0 Å². The van der Waals surface area contributed by atoms with Gasteiger partial charge >= 0.3 is 0 Å². The predicted octanol–water partition coefficient (Wildman–Crippen LogP) is 2.44. The molecule has 1 N–H and O–H groups in total. The van der Waals surface area contributed by atoms with E-state index in [0.717, 1.165) is 13.0 Å². The van der Waals surface area contributed by atoms with Gasteiger partial charge in [0.1, 0.15) is 0 Å². The maximum atomic E-state index is 4.14. The molecule has 3 rings (SSSR count). The number of nitrogens with zero attached hydrogens (tertiary/aromatic N) is 1. The van der Waals surface area contributed by atoms with E-state index in [-0.39, 0.29) is 0 Å². The van der Waals surface area contributed by atoms with Crippen LogP contribution in [0.25, 0.3) is 0 Å². The molecule has 0 spiro atoms. The number of hydrogen-bond donors (Lipinski definition) is 1. The number of hydrogen-bond acceptors (Lipinski definition) is 4. The van der Waals surface area contributed by atoms with Crippen molar-refractivity contribution in [3.63, 3.8) is 0 Å². The van der Waals surface area contributed by atoms with Gasteiger partial charge in [-0.05, 0) is 23.4 Å². The monoisotopic (exact) mass is 222 g/mol. The molecule has 0 bridgehead atoms. The Morgan fingerprint density at radius 3 is 3.29 bits per heavy atom. The summed E-state index contributed by atoms with van der Waals surface area (Å²) in [5.74, 6) is 0. The van der Waals surface area contributed by atoms with Crippen molar-refractivity contribution in [2.75, 3.05) is 6.54 Å². The molecule has 4 heteroatoms. The normalized spacial score (nSPS) is 20.7. The summed E-state index contributed by atoms with van der Waals surface area (Å²) in [7, 11) is 0. The average Bonchev–Trinajstić information content (AvgIpc) is 2.88. The summed E-state index contributed by atoms with van der Waals surface area (Å²) >= 11 is 3.58. The Bertz CT molecular complexity index is 419. The molecule has 0 aromatic carbocycles. The van der Waals surface area contributed by atoms with Gasteiger partial charge in [0.15, 0.2) is 0 Å². The molecule has 1 aliphatic rings. The first-order valence-corrected chi connectivity index (χ1v) is 6.39. The molecule has 0 radical (unpaired) electrons. The molecule has 2 aromatic rings. The van der Waals surface area contributed by atoms with Crippen molar-refractivity contribution >= 4 is 22.7 Å². The van der Waals surface area contributed by atoms with Crippen LogP contribution in [0.1, 0.15) is 21.4 Å². The largest absolute Gasteiger partial charge is 0.305 e. The van der Waals surface area contributed by atoms with Gasteiger partial charge in [-0.15, -0.1) is 22.7 Å². The van der Waals surface area contributed by atoms with Crippen molar-refractivity contribution in [1.82, 2.24) is 10.3 Å². The van der Waals surface area contributed by atoms with Crippen LogP contribution in [0.2, 0.25) is 0 Å². The summed E-state index contributed by atoms with van der Waals surface area (Å²) in [5.41, 5.74) is 3.41. The van der Waals surface area contributed by atoms with Crippen molar-refractivity contribution in [3.8, 4) is 0 Å². The molecular weight excluding hydrogens is 212 g/mol. The lowest BCUT2D eigenvalue weighted by Gasteiger charge is -2.22. The van der Waals surface area contributed by atoms with E-state index in [1.165, 1.54) is 15.3 Å². The molecule has 2 aromatic heterocycles. The molecule has 3 heterocycles. The van der Waals surface area contributed by atoms with E-state index in [9.17, 15) is 0 Å². The van der Waals surface area contributed by atoms with Crippen molar-refractivity contribution in [2.45, 2.75) is 12.5 Å². The zero-order chi connectivity index (χ0) is 9.38.